The molecular formula is C22H25N3O2S. The van der Waals surface area contributed by atoms with E-state index in [2.05, 4.69) is 17.0 Å². The summed E-state index contributed by atoms with van der Waals surface area (Å²) in [5, 5.41) is 5.80. The number of ether oxygens (including phenoxy) is 1. The van der Waals surface area contributed by atoms with E-state index in [9.17, 15) is 4.79 Å². The normalized spacial score (nSPS) is 22.4. The lowest BCUT2D eigenvalue weighted by molar-refractivity contribution is -0.0751. The SMILES string of the molecule is Cc1nn(Cc2ccccc2)c2sc(C(=O)N3CCOC4CCCCC43)cc12. The standard InChI is InChI=1S/C22H25N3O2S/c1-15-17-13-20(21(26)24-11-12-27-19-10-6-5-9-18(19)24)28-22(17)25(23-15)14-16-7-3-2-4-8-16/h2-4,7-8,13,18-19H,5-6,9-12,14H2,1H3. The smallest absolute Gasteiger partial charge is 0.264 e. The Morgan fingerprint density at radius 2 is 2.07 bits per heavy atom. The van der Waals surface area contributed by atoms with Gasteiger partial charge < -0.3 is 9.64 Å². The van der Waals surface area contributed by atoms with Crippen molar-refractivity contribution in [3.63, 3.8) is 0 Å². The topological polar surface area (TPSA) is 47.4 Å². The van der Waals surface area contributed by atoms with Crippen molar-refractivity contribution in [1.82, 2.24) is 14.7 Å². The highest BCUT2D eigenvalue weighted by Crippen LogP contribution is 2.33. The van der Waals surface area contributed by atoms with Crippen LogP contribution < -0.4 is 0 Å². The van der Waals surface area contributed by atoms with E-state index in [4.69, 9.17) is 9.84 Å². The average molecular weight is 396 g/mol. The second-order valence-electron chi connectivity index (χ2n) is 7.82. The zero-order chi connectivity index (χ0) is 19.1. The molecular weight excluding hydrogens is 370 g/mol. The van der Waals surface area contributed by atoms with Gasteiger partial charge in [-0.25, -0.2) is 0 Å². The summed E-state index contributed by atoms with van der Waals surface area (Å²) < 4.78 is 7.97. The van der Waals surface area contributed by atoms with E-state index in [1.807, 2.05) is 35.9 Å². The van der Waals surface area contributed by atoms with E-state index >= 15 is 0 Å². The Labute approximate surface area is 168 Å². The Hall–Kier alpha value is -2.18. The number of thiophene rings is 1. The molecule has 2 atom stereocenters. The summed E-state index contributed by atoms with van der Waals surface area (Å²) in [6.07, 6.45) is 4.75. The lowest BCUT2D eigenvalue weighted by Gasteiger charge is -2.43. The van der Waals surface area contributed by atoms with Crippen molar-refractivity contribution in [2.24, 2.45) is 0 Å². The number of hydrogen-bond donors (Lipinski definition) is 0. The van der Waals surface area contributed by atoms with Crippen LogP contribution in [0.1, 0.15) is 46.6 Å². The van der Waals surface area contributed by atoms with Crippen molar-refractivity contribution >= 4 is 27.5 Å². The van der Waals surface area contributed by atoms with Crippen LogP contribution in [0.3, 0.4) is 0 Å². The van der Waals surface area contributed by atoms with E-state index in [1.54, 1.807) is 11.3 Å². The van der Waals surface area contributed by atoms with Gasteiger partial charge in [0.05, 0.1) is 35.9 Å². The number of morpholine rings is 1. The number of aromatic nitrogens is 2. The highest BCUT2D eigenvalue weighted by molar-refractivity contribution is 7.20. The lowest BCUT2D eigenvalue weighted by atomic mass is 9.90. The maximum Gasteiger partial charge on any atom is 0.264 e. The van der Waals surface area contributed by atoms with Gasteiger partial charge in [-0.3, -0.25) is 9.48 Å². The minimum absolute atomic E-state index is 0.159. The van der Waals surface area contributed by atoms with Gasteiger partial charge in [0, 0.05) is 11.9 Å². The second-order valence-corrected chi connectivity index (χ2v) is 8.85. The third kappa shape index (κ3) is 3.14. The van der Waals surface area contributed by atoms with Gasteiger partial charge in [0.25, 0.3) is 5.91 Å². The average Bonchev–Trinajstić information content (AvgIpc) is 3.29. The minimum atomic E-state index is 0.159. The summed E-state index contributed by atoms with van der Waals surface area (Å²) in [5.74, 6) is 0.159. The Balaban J connectivity index is 1.44. The van der Waals surface area contributed by atoms with E-state index < -0.39 is 0 Å². The number of nitrogens with zero attached hydrogens (tertiary/aromatic N) is 3. The minimum Gasteiger partial charge on any atom is -0.374 e. The molecule has 1 aliphatic carbocycles. The molecule has 1 aliphatic heterocycles. The van der Waals surface area contributed by atoms with Gasteiger partial charge in [-0.1, -0.05) is 43.2 Å². The van der Waals surface area contributed by atoms with Crippen molar-refractivity contribution in [2.45, 2.75) is 51.3 Å². The highest BCUT2D eigenvalue weighted by Gasteiger charge is 2.37. The summed E-state index contributed by atoms with van der Waals surface area (Å²) >= 11 is 1.57. The molecule has 1 saturated carbocycles. The molecule has 6 heteroatoms. The molecule has 146 valence electrons. The van der Waals surface area contributed by atoms with Crippen molar-refractivity contribution < 1.29 is 9.53 Å². The second kappa shape index (κ2) is 7.33. The van der Waals surface area contributed by atoms with Crippen molar-refractivity contribution in [1.29, 1.82) is 0 Å². The number of hydrogen-bond acceptors (Lipinski definition) is 4. The molecule has 0 N–H and O–H groups in total. The Morgan fingerprint density at radius 1 is 1.25 bits per heavy atom. The number of benzene rings is 1. The number of carbonyl (C=O) groups is 1. The number of fused-ring (bicyclic) bond motifs is 2. The number of amides is 1. The van der Waals surface area contributed by atoms with Crippen LogP contribution >= 0.6 is 11.3 Å². The van der Waals surface area contributed by atoms with Gasteiger partial charge >= 0.3 is 0 Å². The molecule has 5 nitrogen and oxygen atoms in total. The van der Waals surface area contributed by atoms with E-state index in [1.165, 1.54) is 18.4 Å². The van der Waals surface area contributed by atoms with Gasteiger partial charge in [-0.2, -0.15) is 5.10 Å². The Bertz CT molecular complexity index is 992. The van der Waals surface area contributed by atoms with Crippen LogP contribution in [0.5, 0.6) is 0 Å². The monoisotopic (exact) mass is 395 g/mol. The van der Waals surface area contributed by atoms with Crippen LogP contribution in [-0.2, 0) is 11.3 Å². The van der Waals surface area contributed by atoms with E-state index in [0.29, 0.717) is 13.2 Å². The van der Waals surface area contributed by atoms with Crippen molar-refractivity contribution in [3.8, 4) is 0 Å². The fourth-order valence-corrected chi connectivity index (χ4v) is 5.69. The van der Waals surface area contributed by atoms with Crippen LogP contribution in [-0.4, -0.2) is 45.9 Å². The summed E-state index contributed by atoms with van der Waals surface area (Å²) in [7, 11) is 0. The van der Waals surface area contributed by atoms with Crippen molar-refractivity contribution in [3.05, 3.63) is 52.5 Å². The van der Waals surface area contributed by atoms with E-state index in [-0.39, 0.29) is 18.1 Å². The molecule has 3 aromatic rings. The molecule has 5 rings (SSSR count). The predicted molar refractivity (Wildman–Crippen MR) is 111 cm³/mol. The Kier molecular flexibility index (Phi) is 4.69. The molecule has 2 fully saturated rings. The maximum absolute atomic E-state index is 13.4. The van der Waals surface area contributed by atoms with Crippen LogP contribution in [0.2, 0.25) is 0 Å². The summed E-state index contributed by atoms with van der Waals surface area (Å²) in [5.41, 5.74) is 2.20. The number of rotatable bonds is 3. The van der Waals surface area contributed by atoms with Crippen LogP contribution in [0, 0.1) is 6.92 Å². The van der Waals surface area contributed by atoms with Gasteiger partial charge in [0.15, 0.2) is 0 Å². The first kappa shape index (κ1) is 17.9. The highest BCUT2D eigenvalue weighted by atomic mass is 32.1. The van der Waals surface area contributed by atoms with Crippen LogP contribution in [0.15, 0.2) is 36.4 Å². The molecule has 0 radical (unpaired) electrons. The third-order valence-corrected chi connectivity index (χ3v) is 7.12. The molecule has 2 unspecified atom stereocenters. The largest absolute Gasteiger partial charge is 0.374 e. The lowest BCUT2D eigenvalue weighted by Crippen LogP contribution is -2.54. The predicted octanol–water partition coefficient (Wildman–Crippen LogP) is 4.24. The van der Waals surface area contributed by atoms with Gasteiger partial charge in [-0.15, -0.1) is 11.3 Å². The third-order valence-electron chi connectivity index (χ3n) is 5.99. The quantitative estimate of drug-likeness (QED) is 0.666. The van der Waals surface area contributed by atoms with Crippen molar-refractivity contribution in [2.75, 3.05) is 13.2 Å². The molecule has 2 aliphatic rings. The fraction of sp³-hybridized carbons (Fsp3) is 0.455. The first-order valence-corrected chi connectivity index (χ1v) is 11.0. The molecule has 1 amide bonds. The number of carbonyl (C=O) groups excluding carboxylic acids is 1. The zero-order valence-electron chi connectivity index (χ0n) is 16.1. The summed E-state index contributed by atoms with van der Waals surface area (Å²) in [6.45, 7) is 4.10. The summed E-state index contributed by atoms with van der Waals surface area (Å²) in [4.78, 5) is 17.3. The first-order chi connectivity index (χ1) is 13.7. The molecule has 1 aromatic carbocycles. The van der Waals surface area contributed by atoms with Crippen LogP contribution in [0.4, 0.5) is 0 Å². The molecule has 2 aromatic heterocycles. The first-order valence-electron chi connectivity index (χ1n) is 10.1. The molecule has 0 spiro atoms. The summed E-state index contributed by atoms with van der Waals surface area (Å²) in [6, 6.07) is 12.6. The molecule has 3 heterocycles. The molecule has 1 saturated heterocycles. The van der Waals surface area contributed by atoms with Gasteiger partial charge in [0.2, 0.25) is 0 Å². The number of aryl methyl sites for hydroxylation is 1. The van der Waals surface area contributed by atoms with E-state index in [0.717, 1.165) is 40.2 Å². The molecule has 28 heavy (non-hydrogen) atoms. The van der Waals surface area contributed by atoms with Crippen LogP contribution in [0.25, 0.3) is 10.2 Å². The fourth-order valence-electron chi connectivity index (χ4n) is 4.57. The Morgan fingerprint density at radius 3 is 2.93 bits per heavy atom. The zero-order valence-corrected chi connectivity index (χ0v) is 17.0. The van der Waals surface area contributed by atoms with Gasteiger partial charge in [-0.05, 0) is 31.4 Å². The maximum atomic E-state index is 13.4. The molecule has 0 bridgehead atoms. The van der Waals surface area contributed by atoms with Gasteiger partial charge in [0.1, 0.15) is 4.83 Å².